The zero-order valence-corrected chi connectivity index (χ0v) is 12.3. The molecule has 1 aliphatic rings. The van der Waals surface area contributed by atoms with Crippen LogP contribution in [0.1, 0.15) is 35.3 Å². The van der Waals surface area contributed by atoms with Crippen LogP contribution < -0.4 is 0 Å². The molecule has 1 aliphatic heterocycles. The molecule has 1 aromatic carbocycles. The highest BCUT2D eigenvalue weighted by Crippen LogP contribution is 2.15. The summed E-state index contributed by atoms with van der Waals surface area (Å²) < 4.78 is 0. The second-order valence-corrected chi connectivity index (χ2v) is 5.41. The molecular formula is C16H24N2O. The second kappa shape index (κ2) is 6.31. The number of benzene rings is 1. The first kappa shape index (κ1) is 14.2. The Morgan fingerprint density at radius 2 is 1.79 bits per heavy atom. The first-order valence-corrected chi connectivity index (χ1v) is 7.15. The van der Waals surface area contributed by atoms with Gasteiger partial charge in [-0.1, -0.05) is 19.1 Å². The number of carbonyl (C=O) groups excluding carboxylic acids is 1. The number of aryl methyl sites for hydroxylation is 1. The van der Waals surface area contributed by atoms with E-state index in [2.05, 4.69) is 29.7 Å². The van der Waals surface area contributed by atoms with Crippen LogP contribution in [0.4, 0.5) is 0 Å². The van der Waals surface area contributed by atoms with E-state index in [4.69, 9.17) is 0 Å². The number of carbonyl (C=O) groups is 1. The van der Waals surface area contributed by atoms with E-state index in [0.29, 0.717) is 0 Å². The molecule has 104 valence electrons. The minimum atomic E-state index is 0.145. The summed E-state index contributed by atoms with van der Waals surface area (Å²) >= 11 is 0. The number of piperazine rings is 1. The highest BCUT2D eigenvalue weighted by atomic mass is 16.1. The molecule has 0 spiro atoms. The van der Waals surface area contributed by atoms with Gasteiger partial charge in [0.1, 0.15) is 0 Å². The molecule has 19 heavy (non-hydrogen) atoms. The quantitative estimate of drug-likeness (QED) is 0.776. The number of rotatable bonds is 4. The van der Waals surface area contributed by atoms with Crippen molar-refractivity contribution in [2.45, 2.75) is 27.3 Å². The fourth-order valence-corrected chi connectivity index (χ4v) is 2.60. The molecule has 0 unspecified atom stereocenters. The zero-order chi connectivity index (χ0) is 13.8. The van der Waals surface area contributed by atoms with Gasteiger partial charge in [-0.3, -0.25) is 9.69 Å². The summed E-state index contributed by atoms with van der Waals surface area (Å²) in [5, 5.41) is 0. The normalized spacial score (nSPS) is 17.6. The molecule has 1 heterocycles. The van der Waals surface area contributed by atoms with Crippen molar-refractivity contribution in [2.75, 3.05) is 32.7 Å². The SMILES string of the molecule is CCN1CCN(Cc2ccc(C(C)=O)cc2C)CC1. The van der Waals surface area contributed by atoms with Gasteiger partial charge < -0.3 is 4.90 Å². The fourth-order valence-electron chi connectivity index (χ4n) is 2.60. The summed E-state index contributed by atoms with van der Waals surface area (Å²) in [4.78, 5) is 16.3. The van der Waals surface area contributed by atoms with Gasteiger partial charge in [0.15, 0.2) is 5.78 Å². The van der Waals surface area contributed by atoms with Crippen molar-refractivity contribution in [2.24, 2.45) is 0 Å². The maximum absolute atomic E-state index is 11.4. The van der Waals surface area contributed by atoms with E-state index in [9.17, 15) is 4.79 Å². The zero-order valence-electron chi connectivity index (χ0n) is 12.3. The van der Waals surface area contributed by atoms with Crippen molar-refractivity contribution in [3.05, 3.63) is 34.9 Å². The van der Waals surface area contributed by atoms with E-state index < -0.39 is 0 Å². The molecule has 2 rings (SSSR count). The van der Waals surface area contributed by atoms with Gasteiger partial charge in [-0.2, -0.15) is 0 Å². The van der Waals surface area contributed by atoms with Crippen molar-refractivity contribution in [3.63, 3.8) is 0 Å². The van der Waals surface area contributed by atoms with Crippen LogP contribution in [-0.2, 0) is 6.54 Å². The molecule has 1 fully saturated rings. The lowest BCUT2D eigenvalue weighted by atomic mass is 10.0. The highest BCUT2D eigenvalue weighted by molar-refractivity contribution is 5.94. The third-order valence-electron chi connectivity index (χ3n) is 4.06. The van der Waals surface area contributed by atoms with Gasteiger partial charge in [-0.25, -0.2) is 0 Å². The van der Waals surface area contributed by atoms with E-state index in [-0.39, 0.29) is 5.78 Å². The molecule has 0 bridgehead atoms. The first-order chi connectivity index (χ1) is 9.10. The van der Waals surface area contributed by atoms with Crippen molar-refractivity contribution in [1.82, 2.24) is 9.80 Å². The molecule has 0 radical (unpaired) electrons. The molecule has 0 aromatic heterocycles. The van der Waals surface area contributed by atoms with Gasteiger partial charge in [0, 0.05) is 38.3 Å². The molecule has 0 N–H and O–H groups in total. The van der Waals surface area contributed by atoms with Crippen LogP contribution in [-0.4, -0.2) is 48.3 Å². The van der Waals surface area contributed by atoms with Crippen molar-refractivity contribution < 1.29 is 4.79 Å². The van der Waals surface area contributed by atoms with Gasteiger partial charge >= 0.3 is 0 Å². The van der Waals surface area contributed by atoms with Crippen molar-refractivity contribution in [3.8, 4) is 0 Å². The van der Waals surface area contributed by atoms with Crippen molar-refractivity contribution in [1.29, 1.82) is 0 Å². The monoisotopic (exact) mass is 260 g/mol. The number of hydrogen-bond acceptors (Lipinski definition) is 3. The summed E-state index contributed by atoms with van der Waals surface area (Å²) in [5.41, 5.74) is 3.39. The number of nitrogens with zero attached hydrogens (tertiary/aromatic N) is 2. The van der Waals surface area contributed by atoms with E-state index >= 15 is 0 Å². The summed E-state index contributed by atoms with van der Waals surface area (Å²) in [6.07, 6.45) is 0. The highest BCUT2D eigenvalue weighted by Gasteiger charge is 2.16. The van der Waals surface area contributed by atoms with E-state index in [0.717, 1.165) is 31.7 Å². The predicted molar refractivity (Wildman–Crippen MR) is 78.6 cm³/mol. The predicted octanol–water partition coefficient (Wildman–Crippen LogP) is 2.34. The van der Waals surface area contributed by atoms with E-state index in [1.807, 2.05) is 12.1 Å². The lowest BCUT2D eigenvalue weighted by Crippen LogP contribution is -2.45. The van der Waals surface area contributed by atoms with Crippen LogP contribution in [0.3, 0.4) is 0 Å². The Hall–Kier alpha value is -1.19. The molecule has 0 amide bonds. The van der Waals surface area contributed by atoms with E-state index in [1.165, 1.54) is 24.2 Å². The lowest BCUT2D eigenvalue weighted by Gasteiger charge is -2.34. The Morgan fingerprint density at radius 3 is 2.32 bits per heavy atom. The molecule has 0 saturated carbocycles. The summed E-state index contributed by atoms with van der Waals surface area (Å²) in [6.45, 7) is 12.7. The number of hydrogen-bond donors (Lipinski definition) is 0. The lowest BCUT2D eigenvalue weighted by molar-refractivity contribution is 0.101. The van der Waals surface area contributed by atoms with Gasteiger partial charge in [0.25, 0.3) is 0 Å². The maximum atomic E-state index is 11.4. The second-order valence-electron chi connectivity index (χ2n) is 5.41. The Labute approximate surface area is 116 Å². The third kappa shape index (κ3) is 3.64. The molecule has 0 atom stereocenters. The van der Waals surface area contributed by atoms with Crippen LogP contribution in [0.5, 0.6) is 0 Å². The largest absolute Gasteiger partial charge is 0.301 e. The Kier molecular flexibility index (Phi) is 4.72. The molecule has 3 heteroatoms. The Balaban J connectivity index is 1.98. The summed E-state index contributed by atoms with van der Waals surface area (Å²) in [7, 11) is 0. The van der Waals surface area contributed by atoms with Crippen LogP contribution in [0.2, 0.25) is 0 Å². The summed E-state index contributed by atoms with van der Waals surface area (Å²) in [5.74, 6) is 0.145. The van der Waals surface area contributed by atoms with Gasteiger partial charge in [-0.05, 0) is 37.6 Å². The molecular weight excluding hydrogens is 236 g/mol. The fraction of sp³-hybridized carbons (Fsp3) is 0.562. The number of ketones is 1. The molecule has 0 aliphatic carbocycles. The Bertz CT molecular complexity index is 448. The smallest absolute Gasteiger partial charge is 0.159 e. The van der Waals surface area contributed by atoms with Crippen LogP contribution in [0, 0.1) is 6.92 Å². The summed E-state index contributed by atoms with van der Waals surface area (Å²) in [6, 6.07) is 6.07. The topological polar surface area (TPSA) is 23.6 Å². The Morgan fingerprint density at radius 1 is 1.16 bits per heavy atom. The molecule has 3 nitrogen and oxygen atoms in total. The number of likely N-dealkylation sites (N-methyl/N-ethyl adjacent to an activating group) is 1. The third-order valence-corrected chi connectivity index (χ3v) is 4.06. The average Bonchev–Trinajstić information content (AvgIpc) is 2.41. The molecule has 1 aromatic rings. The van der Waals surface area contributed by atoms with Crippen molar-refractivity contribution >= 4 is 5.78 Å². The average molecular weight is 260 g/mol. The van der Waals surface area contributed by atoms with Gasteiger partial charge in [-0.15, -0.1) is 0 Å². The maximum Gasteiger partial charge on any atom is 0.159 e. The minimum Gasteiger partial charge on any atom is -0.301 e. The van der Waals surface area contributed by atoms with Crippen LogP contribution in [0.25, 0.3) is 0 Å². The standard InChI is InChI=1S/C16H24N2O/c1-4-17-7-9-18(10-8-17)12-16-6-5-15(14(3)19)11-13(16)2/h5-6,11H,4,7-10,12H2,1-3H3. The number of Topliss-reactive ketones (excluding diaryl/α,β-unsaturated/α-hetero) is 1. The minimum absolute atomic E-state index is 0.145. The molecule has 1 saturated heterocycles. The van der Waals surface area contributed by atoms with Crippen LogP contribution in [0.15, 0.2) is 18.2 Å². The van der Waals surface area contributed by atoms with Crippen LogP contribution >= 0.6 is 0 Å². The van der Waals surface area contributed by atoms with E-state index in [1.54, 1.807) is 6.92 Å². The first-order valence-electron chi connectivity index (χ1n) is 7.15. The van der Waals surface area contributed by atoms with Gasteiger partial charge in [0.05, 0.1) is 0 Å². The van der Waals surface area contributed by atoms with Gasteiger partial charge in [0.2, 0.25) is 0 Å².